The smallest absolute Gasteiger partial charge is 0.220 e. The van der Waals surface area contributed by atoms with Crippen LogP contribution in [0.25, 0.3) is 0 Å². The molecule has 1 fully saturated rings. The maximum Gasteiger partial charge on any atom is 0.220 e. The lowest BCUT2D eigenvalue weighted by Gasteiger charge is -2.23. The second-order valence-electron chi connectivity index (χ2n) is 5.29. The minimum Gasteiger partial charge on any atom is -0.355 e. The average Bonchev–Trinajstić information content (AvgIpc) is 2.47. The molecule has 1 aliphatic rings. The van der Waals surface area contributed by atoms with Gasteiger partial charge in [0.2, 0.25) is 5.91 Å². The quantitative estimate of drug-likeness (QED) is 0.824. The van der Waals surface area contributed by atoms with Gasteiger partial charge >= 0.3 is 0 Å². The van der Waals surface area contributed by atoms with Crippen molar-refractivity contribution in [3.63, 3.8) is 0 Å². The first-order valence-electron chi connectivity index (χ1n) is 7.38. The minimum absolute atomic E-state index is 0.184. The molecule has 0 spiro atoms. The van der Waals surface area contributed by atoms with Gasteiger partial charge in [0, 0.05) is 19.0 Å². The molecule has 1 heterocycles. The van der Waals surface area contributed by atoms with Gasteiger partial charge in [0.1, 0.15) is 0 Å². The maximum atomic E-state index is 11.7. The van der Waals surface area contributed by atoms with E-state index >= 15 is 0 Å². The van der Waals surface area contributed by atoms with Crippen molar-refractivity contribution in [2.45, 2.75) is 44.6 Å². The molecule has 1 unspecified atom stereocenters. The molecule has 0 saturated carbocycles. The van der Waals surface area contributed by atoms with E-state index in [1.165, 1.54) is 24.8 Å². The van der Waals surface area contributed by atoms with Crippen molar-refractivity contribution >= 4 is 5.91 Å². The molecule has 1 atom stereocenters. The SMILES string of the molecule is O=C(CCCc1ccccc1)NCC1CCCCN1. The Hall–Kier alpha value is -1.35. The fourth-order valence-electron chi connectivity index (χ4n) is 2.52. The number of aryl methyl sites for hydroxylation is 1. The maximum absolute atomic E-state index is 11.7. The minimum atomic E-state index is 0.184. The number of rotatable bonds is 6. The molecule has 104 valence electrons. The van der Waals surface area contributed by atoms with Gasteiger partial charge in [-0.25, -0.2) is 0 Å². The first-order valence-corrected chi connectivity index (χ1v) is 7.38. The highest BCUT2D eigenvalue weighted by Crippen LogP contribution is 2.06. The molecule has 2 N–H and O–H groups in total. The second kappa shape index (κ2) is 7.95. The van der Waals surface area contributed by atoms with Crippen molar-refractivity contribution in [3.8, 4) is 0 Å². The fourth-order valence-corrected chi connectivity index (χ4v) is 2.52. The Balaban J connectivity index is 1.57. The lowest BCUT2D eigenvalue weighted by molar-refractivity contribution is -0.121. The molecule has 1 aromatic carbocycles. The third kappa shape index (κ3) is 5.43. The second-order valence-corrected chi connectivity index (χ2v) is 5.29. The van der Waals surface area contributed by atoms with E-state index in [0.29, 0.717) is 12.5 Å². The van der Waals surface area contributed by atoms with E-state index in [1.54, 1.807) is 0 Å². The summed E-state index contributed by atoms with van der Waals surface area (Å²) in [4.78, 5) is 11.7. The van der Waals surface area contributed by atoms with E-state index in [0.717, 1.165) is 25.9 Å². The molecule has 0 aliphatic carbocycles. The summed E-state index contributed by atoms with van der Waals surface area (Å²) < 4.78 is 0. The normalized spacial score (nSPS) is 19.1. The van der Waals surface area contributed by atoms with Gasteiger partial charge in [-0.3, -0.25) is 4.79 Å². The van der Waals surface area contributed by atoms with Crippen LogP contribution < -0.4 is 10.6 Å². The largest absolute Gasteiger partial charge is 0.355 e. The summed E-state index contributed by atoms with van der Waals surface area (Å²) in [6, 6.07) is 10.8. The van der Waals surface area contributed by atoms with Crippen molar-refractivity contribution in [1.82, 2.24) is 10.6 Å². The van der Waals surface area contributed by atoms with Gasteiger partial charge in [0.15, 0.2) is 0 Å². The fraction of sp³-hybridized carbons (Fsp3) is 0.562. The highest BCUT2D eigenvalue weighted by Gasteiger charge is 2.12. The standard InChI is InChI=1S/C16H24N2O/c19-16(18-13-15-10-4-5-12-17-15)11-6-9-14-7-2-1-3-8-14/h1-3,7-8,15,17H,4-6,9-13H2,(H,18,19). The summed E-state index contributed by atoms with van der Waals surface area (Å²) in [6.07, 6.45) is 6.26. The first-order chi connectivity index (χ1) is 9.34. The monoisotopic (exact) mass is 260 g/mol. The number of amides is 1. The van der Waals surface area contributed by atoms with Crippen molar-refractivity contribution in [2.24, 2.45) is 0 Å². The Kier molecular flexibility index (Phi) is 5.89. The summed E-state index contributed by atoms with van der Waals surface area (Å²) >= 11 is 0. The number of nitrogens with one attached hydrogen (secondary N) is 2. The van der Waals surface area contributed by atoms with Crippen LogP contribution >= 0.6 is 0 Å². The van der Waals surface area contributed by atoms with Gasteiger partial charge < -0.3 is 10.6 Å². The van der Waals surface area contributed by atoms with Crippen LogP contribution in [0.5, 0.6) is 0 Å². The van der Waals surface area contributed by atoms with Crippen LogP contribution in [0.1, 0.15) is 37.7 Å². The molecule has 1 amide bonds. The zero-order valence-electron chi connectivity index (χ0n) is 11.5. The van der Waals surface area contributed by atoms with Crippen molar-refractivity contribution in [3.05, 3.63) is 35.9 Å². The van der Waals surface area contributed by atoms with Crippen LogP contribution in [0, 0.1) is 0 Å². The summed E-state index contributed by atoms with van der Waals surface area (Å²) in [6.45, 7) is 1.87. The highest BCUT2D eigenvalue weighted by molar-refractivity contribution is 5.75. The number of hydrogen-bond acceptors (Lipinski definition) is 2. The van der Waals surface area contributed by atoms with Gasteiger partial charge in [-0.2, -0.15) is 0 Å². The Morgan fingerprint density at radius 2 is 2.11 bits per heavy atom. The van der Waals surface area contributed by atoms with Gasteiger partial charge in [0.25, 0.3) is 0 Å². The molecule has 3 heteroatoms. The number of benzene rings is 1. The predicted molar refractivity (Wildman–Crippen MR) is 78.0 cm³/mol. The van der Waals surface area contributed by atoms with Crippen molar-refractivity contribution < 1.29 is 4.79 Å². The van der Waals surface area contributed by atoms with E-state index in [1.807, 2.05) is 18.2 Å². The number of hydrogen-bond donors (Lipinski definition) is 2. The summed E-state index contributed by atoms with van der Waals surface area (Å²) in [5.74, 6) is 0.184. The van der Waals surface area contributed by atoms with Crippen LogP contribution in [-0.4, -0.2) is 25.0 Å². The van der Waals surface area contributed by atoms with Crippen LogP contribution in [0.3, 0.4) is 0 Å². The molecule has 1 aliphatic heterocycles. The molecular weight excluding hydrogens is 236 g/mol. The Labute approximate surface area is 115 Å². The van der Waals surface area contributed by atoms with Gasteiger partial charge in [-0.1, -0.05) is 36.8 Å². The average molecular weight is 260 g/mol. The molecule has 2 rings (SSSR count). The molecule has 19 heavy (non-hydrogen) atoms. The Morgan fingerprint density at radius 3 is 2.84 bits per heavy atom. The number of carbonyl (C=O) groups excluding carboxylic acids is 1. The third-order valence-corrected chi connectivity index (χ3v) is 3.67. The van der Waals surface area contributed by atoms with Gasteiger partial charge in [0.05, 0.1) is 0 Å². The molecule has 1 aromatic rings. The van der Waals surface area contributed by atoms with Crippen molar-refractivity contribution in [1.29, 1.82) is 0 Å². The van der Waals surface area contributed by atoms with E-state index in [9.17, 15) is 4.79 Å². The van der Waals surface area contributed by atoms with Crippen LogP contribution in [0.4, 0.5) is 0 Å². The Morgan fingerprint density at radius 1 is 1.26 bits per heavy atom. The number of piperidine rings is 1. The molecule has 0 bridgehead atoms. The summed E-state index contributed by atoms with van der Waals surface area (Å²) in [5, 5.41) is 6.48. The van der Waals surface area contributed by atoms with E-state index in [2.05, 4.69) is 22.8 Å². The lowest BCUT2D eigenvalue weighted by Crippen LogP contribution is -2.43. The first kappa shape index (κ1) is 14.1. The van der Waals surface area contributed by atoms with Gasteiger partial charge in [-0.05, 0) is 37.8 Å². The molecule has 1 saturated heterocycles. The van der Waals surface area contributed by atoms with E-state index < -0.39 is 0 Å². The van der Waals surface area contributed by atoms with E-state index in [-0.39, 0.29) is 5.91 Å². The molecule has 0 aromatic heterocycles. The van der Waals surface area contributed by atoms with Crippen LogP contribution in [0.2, 0.25) is 0 Å². The van der Waals surface area contributed by atoms with Crippen molar-refractivity contribution in [2.75, 3.05) is 13.1 Å². The van der Waals surface area contributed by atoms with Crippen LogP contribution in [0.15, 0.2) is 30.3 Å². The summed E-state index contributed by atoms with van der Waals surface area (Å²) in [5.41, 5.74) is 1.31. The zero-order chi connectivity index (χ0) is 13.3. The van der Waals surface area contributed by atoms with Crippen LogP contribution in [-0.2, 0) is 11.2 Å². The molecule has 0 radical (unpaired) electrons. The predicted octanol–water partition coefficient (Wildman–Crippen LogP) is 2.27. The van der Waals surface area contributed by atoms with Gasteiger partial charge in [-0.15, -0.1) is 0 Å². The highest BCUT2D eigenvalue weighted by atomic mass is 16.1. The topological polar surface area (TPSA) is 41.1 Å². The zero-order valence-corrected chi connectivity index (χ0v) is 11.5. The third-order valence-electron chi connectivity index (χ3n) is 3.67. The summed E-state index contributed by atoms with van der Waals surface area (Å²) in [7, 11) is 0. The number of carbonyl (C=O) groups is 1. The molecule has 3 nitrogen and oxygen atoms in total. The Bertz CT molecular complexity index is 372. The molecular formula is C16H24N2O. The lowest BCUT2D eigenvalue weighted by atomic mass is 10.0. The van der Waals surface area contributed by atoms with E-state index in [4.69, 9.17) is 0 Å².